The lowest BCUT2D eigenvalue weighted by atomic mass is 9.89. The van der Waals surface area contributed by atoms with E-state index in [2.05, 4.69) is 24.2 Å². The number of rotatable bonds is 1. The van der Waals surface area contributed by atoms with Crippen LogP contribution in [0.25, 0.3) is 0 Å². The molecule has 1 aliphatic rings. The lowest BCUT2D eigenvalue weighted by molar-refractivity contribution is -0.142. The van der Waals surface area contributed by atoms with Gasteiger partial charge in [-0.1, -0.05) is 13.8 Å². The molecule has 0 aromatic carbocycles. The third-order valence-electron chi connectivity index (χ3n) is 4.15. The zero-order chi connectivity index (χ0) is 18.6. The zero-order valence-electron chi connectivity index (χ0n) is 16.4. The molecule has 1 amide bonds. The Morgan fingerprint density at radius 3 is 2.13 bits per heavy atom. The Morgan fingerprint density at radius 2 is 1.83 bits per heavy atom. The summed E-state index contributed by atoms with van der Waals surface area (Å²) in [5.74, 6) is 0.461. The Labute approximate surface area is 141 Å². The summed E-state index contributed by atoms with van der Waals surface area (Å²) in [6.07, 6.45) is 2.54. The topological polar surface area (TPSA) is 71.7 Å². The first-order chi connectivity index (χ1) is 10.4. The minimum absolute atomic E-state index is 0.0587. The van der Waals surface area contributed by atoms with Gasteiger partial charge in [-0.05, 0) is 41.5 Å². The van der Waals surface area contributed by atoms with Gasteiger partial charge in [0.25, 0.3) is 0 Å². The molecule has 0 aliphatic carbocycles. The average Bonchev–Trinajstić information content (AvgIpc) is 2.63. The van der Waals surface area contributed by atoms with Crippen LogP contribution in [0.15, 0.2) is 4.99 Å². The molecule has 0 saturated carbocycles. The highest BCUT2D eigenvalue weighted by Crippen LogP contribution is 2.43. The van der Waals surface area contributed by atoms with Gasteiger partial charge in [0.2, 0.25) is 11.9 Å². The van der Waals surface area contributed by atoms with E-state index in [9.17, 15) is 4.79 Å². The van der Waals surface area contributed by atoms with Gasteiger partial charge in [0.1, 0.15) is 5.54 Å². The molecule has 1 unspecified atom stereocenters. The van der Waals surface area contributed by atoms with Crippen molar-refractivity contribution >= 4 is 11.9 Å². The van der Waals surface area contributed by atoms with Crippen LogP contribution in [0.4, 0.5) is 0 Å². The van der Waals surface area contributed by atoms with E-state index in [0.717, 1.165) is 0 Å². The van der Waals surface area contributed by atoms with E-state index < -0.39 is 5.54 Å². The average molecular weight is 323 g/mol. The minimum Gasteiger partial charge on any atom is -0.331 e. The molecule has 23 heavy (non-hydrogen) atoms. The second kappa shape index (κ2) is 7.20. The van der Waals surface area contributed by atoms with E-state index in [0.29, 0.717) is 12.4 Å². The van der Waals surface area contributed by atoms with Crippen molar-refractivity contribution in [3.63, 3.8) is 0 Å². The van der Waals surface area contributed by atoms with E-state index in [1.807, 2.05) is 52.6 Å². The van der Waals surface area contributed by atoms with Crippen LogP contribution in [-0.2, 0) is 4.79 Å². The predicted octanol–water partition coefficient (Wildman–Crippen LogP) is 2.57. The Hall–Kier alpha value is -1.77. The van der Waals surface area contributed by atoms with Crippen molar-refractivity contribution in [2.24, 2.45) is 4.99 Å². The molecule has 1 rings (SSSR count). The number of nitrogens with zero attached hydrogens (tertiary/aromatic N) is 4. The Balaban J connectivity index is 0.00000232. The van der Waals surface area contributed by atoms with Gasteiger partial charge in [-0.3, -0.25) is 15.1 Å². The van der Waals surface area contributed by atoms with Gasteiger partial charge in [0, 0.05) is 31.6 Å². The summed E-state index contributed by atoms with van der Waals surface area (Å²) in [5, 5.41) is 11.4. The molecule has 0 spiro atoms. The number of hydrogen-bond acceptors (Lipinski definition) is 3. The maximum Gasteiger partial charge on any atom is 0.249 e. The number of amides is 1. The van der Waals surface area contributed by atoms with Crippen molar-refractivity contribution in [3.05, 3.63) is 0 Å². The van der Waals surface area contributed by atoms with Crippen molar-refractivity contribution in [2.75, 3.05) is 14.1 Å². The third kappa shape index (κ3) is 3.95. The van der Waals surface area contributed by atoms with E-state index in [1.165, 1.54) is 0 Å². The van der Waals surface area contributed by atoms with E-state index in [1.54, 1.807) is 19.0 Å². The fraction of sp³-hybridized carbons (Fsp3) is 0.824. The van der Waals surface area contributed by atoms with Gasteiger partial charge in [-0.15, -0.1) is 0 Å². The van der Waals surface area contributed by atoms with Gasteiger partial charge in [-0.2, -0.15) is 5.26 Å². The van der Waals surface area contributed by atoms with Gasteiger partial charge < -0.3 is 9.80 Å². The first-order valence-corrected chi connectivity index (χ1v) is 8.12. The molecule has 1 N–H and O–H groups in total. The summed E-state index contributed by atoms with van der Waals surface area (Å²) in [5.41, 5.74) is -1.25. The van der Waals surface area contributed by atoms with Crippen LogP contribution < -0.4 is 5.32 Å². The number of likely N-dealkylation sites (tertiary alicyclic amines) is 1. The summed E-state index contributed by atoms with van der Waals surface area (Å²) in [6.45, 7) is 16.2. The summed E-state index contributed by atoms with van der Waals surface area (Å²) < 4.78 is 0. The summed E-state index contributed by atoms with van der Waals surface area (Å²) in [7, 11) is 3.40. The first kappa shape index (κ1) is 21.2. The molecule has 6 heteroatoms. The highest BCUT2D eigenvalue weighted by atomic mass is 16.2. The largest absolute Gasteiger partial charge is 0.331 e. The van der Waals surface area contributed by atoms with Crippen LogP contribution in [-0.4, -0.2) is 52.4 Å². The monoisotopic (exact) mass is 323 g/mol. The molecule has 1 fully saturated rings. The lowest BCUT2D eigenvalue weighted by Gasteiger charge is -2.42. The Morgan fingerprint density at radius 1 is 1.35 bits per heavy atom. The summed E-state index contributed by atoms with van der Waals surface area (Å²) in [4.78, 5) is 20.9. The third-order valence-corrected chi connectivity index (χ3v) is 4.15. The van der Waals surface area contributed by atoms with Crippen molar-refractivity contribution in [3.8, 4) is 6.19 Å². The molecule has 1 atom stereocenters. The predicted molar refractivity (Wildman–Crippen MR) is 94.9 cm³/mol. The molecule has 6 nitrogen and oxygen atoms in total. The van der Waals surface area contributed by atoms with Crippen molar-refractivity contribution < 1.29 is 4.79 Å². The van der Waals surface area contributed by atoms with Crippen LogP contribution in [0, 0.1) is 11.5 Å². The molecular weight excluding hydrogens is 290 g/mol. The maximum absolute atomic E-state index is 13.1. The van der Waals surface area contributed by atoms with E-state index >= 15 is 0 Å². The number of aliphatic imine (C=N–C) groups is 1. The van der Waals surface area contributed by atoms with Crippen LogP contribution in [0.3, 0.4) is 0 Å². The normalized spacial score (nSPS) is 23.8. The van der Waals surface area contributed by atoms with Crippen LogP contribution in [0.5, 0.6) is 0 Å². The number of carbonyl (C=O) groups is 1. The van der Waals surface area contributed by atoms with Crippen molar-refractivity contribution in [2.45, 2.75) is 78.4 Å². The van der Waals surface area contributed by atoms with Gasteiger partial charge in [0.05, 0.1) is 0 Å². The quantitative estimate of drug-likeness (QED) is 0.348. The molecule has 1 aliphatic heterocycles. The van der Waals surface area contributed by atoms with Gasteiger partial charge in [-0.25, -0.2) is 0 Å². The summed E-state index contributed by atoms with van der Waals surface area (Å²) in [6, 6.07) is 0. The lowest BCUT2D eigenvalue weighted by Crippen LogP contribution is -2.58. The maximum atomic E-state index is 13.1. The summed E-state index contributed by atoms with van der Waals surface area (Å²) >= 11 is 0. The number of hydrogen-bond donors (Lipinski definition) is 1. The zero-order valence-corrected chi connectivity index (χ0v) is 16.4. The van der Waals surface area contributed by atoms with Crippen LogP contribution in [0.1, 0.15) is 61.8 Å². The first-order valence-electron chi connectivity index (χ1n) is 8.12. The van der Waals surface area contributed by atoms with Crippen LogP contribution in [0.2, 0.25) is 0 Å². The highest BCUT2D eigenvalue weighted by Gasteiger charge is 2.58. The second-order valence-electron chi connectivity index (χ2n) is 7.42. The molecule has 0 aromatic heterocycles. The number of guanidine groups is 1. The SMILES string of the molecule is CC.CN=C(NC#N)N(C)C1(C)CC(C)(C)N(C(C)(C)C)C1=O. The number of likely N-dealkylation sites (N-methyl/N-ethyl adjacent to an activating group) is 1. The van der Waals surface area contributed by atoms with Gasteiger partial charge in [0.15, 0.2) is 6.19 Å². The Kier molecular flexibility index (Phi) is 6.65. The van der Waals surface area contributed by atoms with Crippen LogP contribution >= 0.6 is 0 Å². The molecular formula is C17H33N5O. The number of nitriles is 1. The van der Waals surface area contributed by atoms with Crippen molar-refractivity contribution in [1.82, 2.24) is 15.1 Å². The smallest absolute Gasteiger partial charge is 0.249 e. The molecule has 0 bridgehead atoms. The van der Waals surface area contributed by atoms with Crippen molar-refractivity contribution in [1.29, 1.82) is 5.26 Å². The van der Waals surface area contributed by atoms with E-state index in [-0.39, 0.29) is 17.0 Å². The van der Waals surface area contributed by atoms with Gasteiger partial charge >= 0.3 is 0 Å². The Bertz CT molecular complexity index is 498. The molecule has 1 saturated heterocycles. The molecule has 0 aromatic rings. The molecule has 1 heterocycles. The molecule has 0 radical (unpaired) electrons. The number of nitrogens with one attached hydrogen (secondary N) is 1. The fourth-order valence-electron chi connectivity index (χ4n) is 3.56. The van der Waals surface area contributed by atoms with E-state index in [4.69, 9.17) is 5.26 Å². The fourth-order valence-corrected chi connectivity index (χ4v) is 3.56. The number of carbonyl (C=O) groups excluding carboxylic acids is 1. The highest BCUT2D eigenvalue weighted by molar-refractivity contribution is 5.95. The standard InChI is InChI=1S/C15H27N5O.C2H6/c1-13(2,3)20-11(21)15(6,9-14(20,4)5)19(8)12(17-7)18-10-16;1-2/h9H2,1-8H3,(H,17,18);1-2H3. The second-order valence-corrected chi connectivity index (χ2v) is 7.42. The molecule has 132 valence electrons. The minimum atomic E-state index is -0.727.